The fourth-order valence-corrected chi connectivity index (χ4v) is 5.36. The van der Waals surface area contributed by atoms with E-state index in [1.807, 2.05) is 26.0 Å². The zero-order valence-electron chi connectivity index (χ0n) is 16.1. The van der Waals surface area contributed by atoms with Crippen molar-refractivity contribution in [3.8, 4) is 0 Å². The highest BCUT2D eigenvalue weighted by atomic mass is 32.2. The van der Waals surface area contributed by atoms with Crippen LogP contribution in [0.5, 0.6) is 0 Å². The topological polar surface area (TPSA) is 66.5 Å². The van der Waals surface area contributed by atoms with Gasteiger partial charge in [-0.15, -0.1) is 0 Å². The molecule has 0 aliphatic carbocycles. The predicted molar refractivity (Wildman–Crippen MR) is 100 cm³/mol. The van der Waals surface area contributed by atoms with Crippen LogP contribution in [0.25, 0.3) is 0 Å². The van der Waals surface area contributed by atoms with E-state index in [0.29, 0.717) is 30.8 Å². The molecule has 1 saturated heterocycles. The number of aryl methyl sites for hydroxylation is 2. The van der Waals surface area contributed by atoms with E-state index >= 15 is 0 Å². The van der Waals surface area contributed by atoms with Gasteiger partial charge in [0.15, 0.2) is 0 Å². The molecule has 1 fully saturated rings. The Labute approximate surface area is 151 Å². The van der Waals surface area contributed by atoms with Crippen LogP contribution in [0.15, 0.2) is 17.0 Å². The Balaban J connectivity index is 2.31. The van der Waals surface area contributed by atoms with Crippen LogP contribution in [0.1, 0.15) is 50.3 Å². The smallest absolute Gasteiger partial charge is 0.243 e. The minimum Gasteiger partial charge on any atom is -0.359 e. The Hall–Kier alpha value is -1.40. The number of nitrogens with one attached hydrogen (secondary N) is 1. The second-order valence-electron chi connectivity index (χ2n) is 7.98. The average molecular weight is 367 g/mol. The molecule has 5 nitrogen and oxygen atoms in total. The van der Waals surface area contributed by atoms with Gasteiger partial charge in [0.1, 0.15) is 0 Å². The maximum Gasteiger partial charge on any atom is 0.243 e. The summed E-state index contributed by atoms with van der Waals surface area (Å²) >= 11 is 0. The third-order valence-corrected chi connectivity index (χ3v) is 7.20. The summed E-state index contributed by atoms with van der Waals surface area (Å²) in [6, 6.07) is 3.97. The van der Waals surface area contributed by atoms with Gasteiger partial charge >= 0.3 is 0 Å². The average Bonchev–Trinajstić information content (AvgIpc) is 2.52. The largest absolute Gasteiger partial charge is 0.359 e. The maximum atomic E-state index is 13.2. The van der Waals surface area contributed by atoms with Gasteiger partial charge in [-0.3, -0.25) is 4.79 Å². The van der Waals surface area contributed by atoms with Crippen molar-refractivity contribution in [3.05, 3.63) is 28.8 Å². The zero-order valence-corrected chi connectivity index (χ0v) is 17.0. The van der Waals surface area contributed by atoms with Crippen LogP contribution in [0.2, 0.25) is 0 Å². The number of hydrogen-bond donors (Lipinski definition) is 1. The molecule has 0 radical (unpaired) electrons. The molecular weight excluding hydrogens is 336 g/mol. The summed E-state index contributed by atoms with van der Waals surface area (Å²) in [4.78, 5) is 12.2. The Morgan fingerprint density at radius 2 is 1.60 bits per heavy atom. The van der Waals surface area contributed by atoms with Gasteiger partial charge in [0.25, 0.3) is 0 Å². The van der Waals surface area contributed by atoms with E-state index < -0.39 is 10.0 Å². The molecule has 0 saturated carbocycles. The van der Waals surface area contributed by atoms with Gasteiger partial charge in [-0.25, -0.2) is 8.42 Å². The molecule has 1 aliphatic heterocycles. The number of carbonyl (C=O) groups is 1. The summed E-state index contributed by atoms with van der Waals surface area (Å²) in [6.45, 7) is 10.9. The van der Waals surface area contributed by atoms with Gasteiger partial charge in [0.2, 0.25) is 15.9 Å². The lowest BCUT2D eigenvalue weighted by atomic mass is 9.85. The molecule has 1 aliphatic rings. The van der Waals surface area contributed by atoms with Crippen molar-refractivity contribution in [2.24, 2.45) is 5.92 Å². The number of sulfonamides is 1. The first-order valence-electron chi connectivity index (χ1n) is 8.82. The number of nitrogens with zero attached hydrogens (tertiary/aromatic N) is 1. The third-order valence-electron chi connectivity index (χ3n) is 5.00. The van der Waals surface area contributed by atoms with Crippen LogP contribution in [0.3, 0.4) is 0 Å². The summed E-state index contributed by atoms with van der Waals surface area (Å²) in [5, 5.41) is 2.65. The minimum absolute atomic E-state index is 0.000982. The van der Waals surface area contributed by atoms with E-state index in [9.17, 15) is 13.2 Å². The first-order valence-corrected chi connectivity index (χ1v) is 10.3. The second kappa shape index (κ2) is 7.08. The van der Waals surface area contributed by atoms with Crippen molar-refractivity contribution in [1.82, 2.24) is 9.62 Å². The molecule has 1 aromatic rings. The van der Waals surface area contributed by atoms with E-state index in [1.165, 1.54) is 4.31 Å². The molecule has 1 aromatic carbocycles. The molecule has 0 unspecified atom stereocenters. The predicted octanol–water partition coefficient (Wildman–Crippen LogP) is 2.75. The van der Waals surface area contributed by atoms with Crippen LogP contribution < -0.4 is 5.32 Å². The first kappa shape index (κ1) is 19.9. The number of hydrogen-bond acceptors (Lipinski definition) is 3. The van der Waals surface area contributed by atoms with Crippen molar-refractivity contribution in [3.63, 3.8) is 0 Å². The van der Waals surface area contributed by atoms with Crippen LogP contribution in [-0.4, -0.2) is 38.8 Å². The SMILES string of the molecule is CNC(=O)C1CCN(S(=O)(=O)c2c(C)cc(C(C)(C)C)cc2C)CC1. The number of piperidine rings is 1. The molecular formula is C19H30N2O3S. The summed E-state index contributed by atoms with van der Waals surface area (Å²) in [5.41, 5.74) is 2.69. The molecule has 25 heavy (non-hydrogen) atoms. The molecule has 0 atom stereocenters. The van der Waals surface area contributed by atoms with Crippen molar-refractivity contribution >= 4 is 15.9 Å². The monoisotopic (exact) mass is 366 g/mol. The summed E-state index contributed by atoms with van der Waals surface area (Å²) in [5.74, 6) is -0.0964. The normalized spacial score (nSPS) is 17.5. The van der Waals surface area contributed by atoms with Gasteiger partial charge in [-0.2, -0.15) is 4.31 Å². The van der Waals surface area contributed by atoms with Crippen LogP contribution >= 0.6 is 0 Å². The molecule has 1 amide bonds. The van der Waals surface area contributed by atoms with Crippen molar-refractivity contribution in [2.45, 2.75) is 57.8 Å². The highest BCUT2D eigenvalue weighted by Crippen LogP contribution is 2.32. The van der Waals surface area contributed by atoms with E-state index in [-0.39, 0.29) is 17.2 Å². The Morgan fingerprint density at radius 1 is 1.12 bits per heavy atom. The molecule has 6 heteroatoms. The number of carbonyl (C=O) groups excluding carboxylic acids is 1. The molecule has 0 spiro atoms. The van der Waals surface area contributed by atoms with Gasteiger partial charge in [-0.05, 0) is 48.8 Å². The van der Waals surface area contributed by atoms with Gasteiger partial charge < -0.3 is 5.32 Å². The Bertz CT molecular complexity index is 732. The third kappa shape index (κ3) is 4.06. The van der Waals surface area contributed by atoms with Gasteiger partial charge in [0, 0.05) is 26.1 Å². The molecule has 1 N–H and O–H groups in total. The Kier molecular flexibility index (Phi) is 5.64. The van der Waals surface area contributed by atoms with Gasteiger partial charge in [0.05, 0.1) is 4.90 Å². The molecule has 1 heterocycles. The number of rotatable bonds is 3. The quantitative estimate of drug-likeness (QED) is 0.894. The first-order chi connectivity index (χ1) is 11.5. The fourth-order valence-electron chi connectivity index (χ4n) is 3.48. The number of benzene rings is 1. The van der Waals surface area contributed by atoms with E-state index in [2.05, 4.69) is 26.1 Å². The van der Waals surface area contributed by atoms with Crippen molar-refractivity contribution in [1.29, 1.82) is 0 Å². The van der Waals surface area contributed by atoms with E-state index in [1.54, 1.807) is 7.05 Å². The van der Waals surface area contributed by atoms with Crippen LogP contribution in [0.4, 0.5) is 0 Å². The molecule has 140 valence electrons. The minimum atomic E-state index is -3.54. The standard InChI is InChI=1S/C19H30N2O3S/c1-13-11-16(19(3,4)5)12-14(2)17(13)25(23,24)21-9-7-15(8-10-21)18(22)20-6/h11-12,15H,7-10H2,1-6H3,(H,20,22). The van der Waals surface area contributed by atoms with Crippen molar-refractivity contribution in [2.75, 3.05) is 20.1 Å². The zero-order chi connectivity index (χ0) is 19.0. The highest BCUT2D eigenvalue weighted by Gasteiger charge is 2.33. The highest BCUT2D eigenvalue weighted by molar-refractivity contribution is 7.89. The summed E-state index contributed by atoms with van der Waals surface area (Å²) < 4.78 is 27.8. The molecule has 0 aromatic heterocycles. The Morgan fingerprint density at radius 3 is 2.00 bits per heavy atom. The summed E-state index contributed by atoms with van der Waals surface area (Å²) in [7, 11) is -1.92. The van der Waals surface area contributed by atoms with Gasteiger partial charge in [-0.1, -0.05) is 32.9 Å². The lowest BCUT2D eigenvalue weighted by Crippen LogP contribution is -2.42. The fraction of sp³-hybridized carbons (Fsp3) is 0.632. The lowest BCUT2D eigenvalue weighted by molar-refractivity contribution is -0.125. The van der Waals surface area contributed by atoms with Crippen LogP contribution in [0, 0.1) is 19.8 Å². The van der Waals surface area contributed by atoms with Crippen LogP contribution in [-0.2, 0) is 20.2 Å². The van der Waals surface area contributed by atoms with Crippen molar-refractivity contribution < 1.29 is 13.2 Å². The maximum absolute atomic E-state index is 13.2. The second-order valence-corrected chi connectivity index (χ2v) is 9.86. The van der Waals surface area contributed by atoms with E-state index in [0.717, 1.165) is 16.7 Å². The number of amides is 1. The molecule has 0 bridgehead atoms. The van der Waals surface area contributed by atoms with E-state index in [4.69, 9.17) is 0 Å². The lowest BCUT2D eigenvalue weighted by Gasteiger charge is -2.31. The molecule has 2 rings (SSSR count). The summed E-state index contributed by atoms with van der Waals surface area (Å²) in [6.07, 6.45) is 1.13.